The fourth-order valence-corrected chi connectivity index (χ4v) is 0.956. The zero-order chi connectivity index (χ0) is 12.6. The Morgan fingerprint density at radius 3 is 1.88 bits per heavy atom. The third-order valence-corrected chi connectivity index (χ3v) is 1.46. The number of nitrogens with zero attached hydrogens (tertiary/aromatic N) is 1. The first-order valence-corrected chi connectivity index (χ1v) is 4.78. The molecule has 0 aliphatic rings. The highest BCUT2D eigenvalue weighted by Gasteiger charge is 1.98. The second kappa shape index (κ2) is 7.34. The number of benzene rings is 1. The van der Waals surface area contributed by atoms with E-state index in [2.05, 4.69) is 0 Å². The predicted molar refractivity (Wildman–Crippen MR) is 63.2 cm³/mol. The monoisotopic (exact) mass is 221 g/mol. The summed E-state index contributed by atoms with van der Waals surface area (Å²) in [7, 11) is 0. The highest BCUT2D eigenvalue weighted by Crippen LogP contribution is 2.06. The van der Waals surface area contributed by atoms with E-state index in [9.17, 15) is 14.9 Å². The van der Waals surface area contributed by atoms with E-state index in [1.165, 1.54) is 12.1 Å². The summed E-state index contributed by atoms with van der Waals surface area (Å²) < 4.78 is 0. The third-order valence-electron chi connectivity index (χ3n) is 1.46. The normalized spacial score (nSPS) is 8.44. The maximum atomic E-state index is 10.2. The van der Waals surface area contributed by atoms with Gasteiger partial charge in [-0.15, -0.1) is 0 Å². The molecule has 0 saturated heterocycles. The standard InChI is InChI=1S/C6H5NO2.C6H10O/c8-7(9)6-4-2-1-3-5-6;1-5(2)4-6(3)7/h1-5H;4H,1-3H3. The molecule has 0 radical (unpaired) electrons. The number of nitro groups is 1. The van der Waals surface area contributed by atoms with Gasteiger partial charge in [0.1, 0.15) is 0 Å². The molecule has 16 heavy (non-hydrogen) atoms. The summed E-state index contributed by atoms with van der Waals surface area (Å²) >= 11 is 0. The van der Waals surface area contributed by atoms with Gasteiger partial charge in [-0.1, -0.05) is 23.8 Å². The SMILES string of the molecule is CC(=O)C=C(C)C.O=[N+]([O-])c1ccccc1. The Hall–Kier alpha value is -1.97. The molecule has 1 rings (SSSR count). The molecular formula is C12H15NO3. The molecule has 0 aromatic heterocycles. The van der Waals surface area contributed by atoms with E-state index < -0.39 is 4.92 Å². The molecule has 1 aromatic carbocycles. The fourth-order valence-electron chi connectivity index (χ4n) is 0.956. The highest BCUT2D eigenvalue weighted by molar-refractivity contribution is 5.87. The van der Waals surface area contributed by atoms with E-state index in [0.29, 0.717) is 0 Å². The van der Waals surface area contributed by atoms with Crippen LogP contribution in [0.4, 0.5) is 5.69 Å². The number of nitro benzene ring substituents is 1. The Labute approximate surface area is 94.8 Å². The van der Waals surface area contributed by atoms with Gasteiger partial charge in [0.2, 0.25) is 0 Å². The summed E-state index contributed by atoms with van der Waals surface area (Å²) in [5, 5.41) is 10.0. The van der Waals surface area contributed by atoms with Crippen molar-refractivity contribution in [1.82, 2.24) is 0 Å². The molecule has 1 aromatic rings. The summed E-state index contributed by atoms with van der Waals surface area (Å²) in [6.45, 7) is 5.36. The van der Waals surface area contributed by atoms with E-state index in [-0.39, 0.29) is 11.5 Å². The van der Waals surface area contributed by atoms with Crippen LogP contribution < -0.4 is 0 Å². The van der Waals surface area contributed by atoms with Gasteiger partial charge in [0.05, 0.1) is 4.92 Å². The molecule has 86 valence electrons. The number of ketones is 1. The quantitative estimate of drug-likeness (QED) is 0.438. The van der Waals surface area contributed by atoms with Crippen molar-refractivity contribution in [3.05, 3.63) is 52.1 Å². The minimum Gasteiger partial charge on any atom is -0.295 e. The zero-order valence-electron chi connectivity index (χ0n) is 9.64. The molecule has 4 heteroatoms. The number of rotatable bonds is 2. The topological polar surface area (TPSA) is 60.2 Å². The van der Waals surface area contributed by atoms with Crippen LogP contribution in [0, 0.1) is 10.1 Å². The number of hydrogen-bond donors (Lipinski definition) is 0. The number of non-ortho nitro benzene ring substituents is 1. The molecule has 0 aliphatic carbocycles. The first-order valence-electron chi connectivity index (χ1n) is 4.78. The van der Waals surface area contributed by atoms with Crippen molar-refractivity contribution in [2.75, 3.05) is 0 Å². The van der Waals surface area contributed by atoms with Gasteiger partial charge in [0, 0.05) is 12.1 Å². The number of hydrogen-bond acceptors (Lipinski definition) is 3. The molecule has 0 spiro atoms. The van der Waals surface area contributed by atoms with Gasteiger partial charge in [-0.2, -0.15) is 0 Å². The van der Waals surface area contributed by atoms with Gasteiger partial charge in [-0.3, -0.25) is 14.9 Å². The molecule has 0 aliphatic heterocycles. The summed E-state index contributed by atoms with van der Waals surface area (Å²) in [4.78, 5) is 19.8. The summed E-state index contributed by atoms with van der Waals surface area (Å²) in [6, 6.07) is 7.93. The van der Waals surface area contributed by atoms with Crippen LogP contribution in [0.5, 0.6) is 0 Å². The van der Waals surface area contributed by atoms with Crippen molar-refractivity contribution in [1.29, 1.82) is 0 Å². The average molecular weight is 221 g/mol. The maximum Gasteiger partial charge on any atom is 0.269 e. The second-order valence-electron chi connectivity index (χ2n) is 3.42. The van der Waals surface area contributed by atoms with Gasteiger partial charge in [-0.05, 0) is 26.8 Å². The van der Waals surface area contributed by atoms with Gasteiger partial charge < -0.3 is 0 Å². The van der Waals surface area contributed by atoms with Crippen LogP contribution in [-0.4, -0.2) is 10.7 Å². The number of carbonyl (C=O) groups is 1. The van der Waals surface area contributed by atoms with Crippen molar-refractivity contribution in [3.63, 3.8) is 0 Å². The smallest absolute Gasteiger partial charge is 0.269 e. The van der Waals surface area contributed by atoms with Gasteiger partial charge in [0.25, 0.3) is 5.69 Å². The lowest BCUT2D eigenvalue weighted by Gasteiger charge is -1.85. The Morgan fingerprint density at radius 1 is 1.19 bits per heavy atom. The second-order valence-corrected chi connectivity index (χ2v) is 3.42. The van der Waals surface area contributed by atoms with E-state index in [1.807, 2.05) is 13.8 Å². The zero-order valence-corrected chi connectivity index (χ0v) is 9.64. The molecule has 0 bridgehead atoms. The average Bonchev–Trinajstić information content (AvgIpc) is 2.17. The van der Waals surface area contributed by atoms with Crippen molar-refractivity contribution >= 4 is 11.5 Å². The van der Waals surface area contributed by atoms with Crippen LogP contribution in [0.25, 0.3) is 0 Å². The van der Waals surface area contributed by atoms with E-state index in [0.717, 1.165) is 5.57 Å². The largest absolute Gasteiger partial charge is 0.295 e. The lowest BCUT2D eigenvalue weighted by molar-refractivity contribution is -0.384. The van der Waals surface area contributed by atoms with Crippen molar-refractivity contribution in [3.8, 4) is 0 Å². The van der Waals surface area contributed by atoms with Gasteiger partial charge in [-0.25, -0.2) is 0 Å². The molecule has 0 fully saturated rings. The molecule has 0 amide bonds. The molecule has 0 unspecified atom stereocenters. The number of para-hydroxylation sites is 1. The minimum atomic E-state index is -0.417. The lowest BCUT2D eigenvalue weighted by Crippen LogP contribution is -1.84. The van der Waals surface area contributed by atoms with Crippen molar-refractivity contribution in [2.45, 2.75) is 20.8 Å². The Balaban J connectivity index is 0.000000293. The fraction of sp³-hybridized carbons (Fsp3) is 0.250. The van der Waals surface area contributed by atoms with Crippen molar-refractivity contribution in [2.24, 2.45) is 0 Å². The van der Waals surface area contributed by atoms with Crippen LogP contribution in [0.1, 0.15) is 20.8 Å². The molecule has 0 N–H and O–H groups in total. The van der Waals surface area contributed by atoms with E-state index in [4.69, 9.17) is 0 Å². The van der Waals surface area contributed by atoms with Crippen LogP contribution in [-0.2, 0) is 4.79 Å². The third kappa shape index (κ3) is 7.44. The Morgan fingerprint density at radius 2 is 1.69 bits per heavy atom. The summed E-state index contributed by atoms with van der Waals surface area (Å²) in [5.41, 5.74) is 1.20. The Bertz CT molecular complexity index is 379. The van der Waals surface area contributed by atoms with Crippen LogP contribution >= 0.6 is 0 Å². The number of carbonyl (C=O) groups excluding carboxylic acids is 1. The highest BCUT2D eigenvalue weighted by atomic mass is 16.6. The summed E-state index contributed by atoms with van der Waals surface area (Å²) in [5.74, 6) is 0.125. The molecular weight excluding hydrogens is 206 g/mol. The molecule has 4 nitrogen and oxygen atoms in total. The maximum absolute atomic E-state index is 10.2. The molecule has 0 heterocycles. The summed E-state index contributed by atoms with van der Waals surface area (Å²) in [6.07, 6.45) is 1.61. The number of allylic oxidation sites excluding steroid dienone is 2. The van der Waals surface area contributed by atoms with Gasteiger partial charge in [0.15, 0.2) is 5.78 Å². The minimum absolute atomic E-state index is 0.125. The van der Waals surface area contributed by atoms with Crippen LogP contribution in [0.3, 0.4) is 0 Å². The van der Waals surface area contributed by atoms with Gasteiger partial charge >= 0.3 is 0 Å². The Kier molecular flexibility index (Phi) is 6.43. The van der Waals surface area contributed by atoms with Crippen LogP contribution in [0.15, 0.2) is 42.0 Å². The van der Waals surface area contributed by atoms with Crippen molar-refractivity contribution < 1.29 is 9.72 Å². The van der Waals surface area contributed by atoms with Crippen LogP contribution in [0.2, 0.25) is 0 Å². The molecule has 0 atom stereocenters. The van der Waals surface area contributed by atoms with E-state index >= 15 is 0 Å². The first-order chi connectivity index (χ1) is 7.43. The molecule has 0 saturated carbocycles. The predicted octanol–water partition coefficient (Wildman–Crippen LogP) is 3.14. The first kappa shape index (κ1) is 14.0. The van der Waals surface area contributed by atoms with E-state index in [1.54, 1.807) is 31.2 Å². The lowest BCUT2D eigenvalue weighted by atomic mass is 10.3.